The summed E-state index contributed by atoms with van der Waals surface area (Å²) >= 11 is 0. The van der Waals surface area contributed by atoms with Gasteiger partial charge in [-0.05, 0) is 24.6 Å². The molecule has 140 valence electrons. The predicted molar refractivity (Wildman–Crippen MR) is 105 cm³/mol. The lowest BCUT2D eigenvalue weighted by atomic mass is 9.95. The van der Waals surface area contributed by atoms with Crippen molar-refractivity contribution in [3.63, 3.8) is 0 Å². The van der Waals surface area contributed by atoms with Crippen molar-refractivity contribution in [1.29, 1.82) is 0 Å². The maximum Gasteiger partial charge on any atom is 0.239 e. The van der Waals surface area contributed by atoms with E-state index in [9.17, 15) is 9.59 Å². The topological polar surface area (TPSA) is 70.2 Å². The van der Waals surface area contributed by atoms with Crippen molar-refractivity contribution in [2.45, 2.75) is 59.8 Å². The molecule has 0 spiro atoms. The highest BCUT2D eigenvalue weighted by Crippen LogP contribution is 2.19. The van der Waals surface area contributed by atoms with Gasteiger partial charge in [0.05, 0.1) is 6.54 Å². The summed E-state index contributed by atoms with van der Waals surface area (Å²) in [6.07, 6.45) is 5.91. The normalized spacial score (nSPS) is 11.0. The standard InChI is InChI=1S/C20H33N3O2/c1-5-6-7-8-9-13-21-18(24)15-22-16-11-10-12-17(14-16)23-19(25)20(2,3)4/h10-12,14,22H,5-9,13,15H2,1-4H3,(H,21,24)(H,23,25). The molecule has 3 N–H and O–H groups in total. The Labute approximate surface area is 152 Å². The lowest BCUT2D eigenvalue weighted by Gasteiger charge is -2.18. The number of carbonyl (C=O) groups excluding carboxylic acids is 2. The molecule has 0 unspecified atom stereocenters. The summed E-state index contributed by atoms with van der Waals surface area (Å²) < 4.78 is 0. The zero-order chi connectivity index (χ0) is 18.7. The van der Waals surface area contributed by atoms with E-state index in [1.54, 1.807) is 0 Å². The lowest BCUT2D eigenvalue weighted by Crippen LogP contribution is -2.30. The quantitative estimate of drug-likeness (QED) is 0.556. The van der Waals surface area contributed by atoms with E-state index in [-0.39, 0.29) is 18.4 Å². The summed E-state index contributed by atoms with van der Waals surface area (Å²) in [5.41, 5.74) is 1.09. The van der Waals surface area contributed by atoms with Crippen molar-refractivity contribution >= 4 is 23.2 Å². The van der Waals surface area contributed by atoms with Crippen molar-refractivity contribution in [3.8, 4) is 0 Å². The summed E-state index contributed by atoms with van der Waals surface area (Å²) in [6, 6.07) is 7.41. The van der Waals surface area contributed by atoms with Gasteiger partial charge in [-0.2, -0.15) is 0 Å². The molecular weight excluding hydrogens is 314 g/mol. The van der Waals surface area contributed by atoms with Crippen molar-refractivity contribution in [3.05, 3.63) is 24.3 Å². The Kier molecular flexibility index (Phi) is 9.03. The van der Waals surface area contributed by atoms with Crippen LogP contribution in [0.15, 0.2) is 24.3 Å². The second-order valence-electron chi connectivity index (χ2n) is 7.40. The summed E-state index contributed by atoms with van der Waals surface area (Å²) in [5.74, 6) is -0.0508. The summed E-state index contributed by atoms with van der Waals surface area (Å²) in [5, 5.41) is 8.91. The van der Waals surface area contributed by atoms with Crippen molar-refractivity contribution in [2.75, 3.05) is 23.7 Å². The largest absolute Gasteiger partial charge is 0.376 e. The Morgan fingerprint density at radius 2 is 1.68 bits per heavy atom. The van der Waals surface area contributed by atoms with Crippen LogP contribution in [-0.2, 0) is 9.59 Å². The molecule has 0 aliphatic rings. The van der Waals surface area contributed by atoms with Crippen LogP contribution in [0, 0.1) is 5.41 Å². The van der Waals surface area contributed by atoms with Crippen molar-refractivity contribution in [1.82, 2.24) is 5.32 Å². The van der Waals surface area contributed by atoms with E-state index in [0.717, 1.165) is 30.8 Å². The van der Waals surface area contributed by atoms with E-state index in [0.29, 0.717) is 0 Å². The Morgan fingerprint density at radius 1 is 1.00 bits per heavy atom. The average molecular weight is 348 g/mol. The van der Waals surface area contributed by atoms with Crippen LogP contribution in [0.2, 0.25) is 0 Å². The van der Waals surface area contributed by atoms with E-state index < -0.39 is 5.41 Å². The molecule has 0 aliphatic carbocycles. The number of rotatable bonds is 10. The number of amides is 2. The molecule has 1 aromatic carbocycles. The molecule has 5 nitrogen and oxygen atoms in total. The molecule has 0 saturated carbocycles. The number of hydrogen-bond donors (Lipinski definition) is 3. The van der Waals surface area contributed by atoms with Gasteiger partial charge < -0.3 is 16.0 Å². The van der Waals surface area contributed by atoms with Crippen LogP contribution in [0.1, 0.15) is 59.8 Å². The molecule has 0 aromatic heterocycles. The minimum absolute atomic E-state index is 0.0142. The molecule has 1 rings (SSSR count). The van der Waals surface area contributed by atoms with Gasteiger partial charge in [0.15, 0.2) is 0 Å². The zero-order valence-electron chi connectivity index (χ0n) is 16.1. The first-order valence-electron chi connectivity index (χ1n) is 9.25. The maximum atomic E-state index is 12.0. The number of carbonyl (C=O) groups is 2. The van der Waals surface area contributed by atoms with Gasteiger partial charge in [0.25, 0.3) is 0 Å². The van der Waals surface area contributed by atoms with Crippen molar-refractivity contribution in [2.24, 2.45) is 5.41 Å². The second kappa shape index (κ2) is 10.7. The molecule has 0 radical (unpaired) electrons. The third-order valence-corrected chi connectivity index (χ3v) is 3.86. The number of anilines is 2. The van der Waals surface area contributed by atoms with Crippen LogP contribution in [-0.4, -0.2) is 24.9 Å². The molecule has 25 heavy (non-hydrogen) atoms. The second-order valence-corrected chi connectivity index (χ2v) is 7.40. The maximum absolute atomic E-state index is 12.0. The van der Waals surface area contributed by atoms with Gasteiger partial charge in [-0.15, -0.1) is 0 Å². The highest BCUT2D eigenvalue weighted by molar-refractivity contribution is 5.95. The van der Waals surface area contributed by atoms with Crippen LogP contribution < -0.4 is 16.0 Å². The lowest BCUT2D eigenvalue weighted by molar-refractivity contribution is -0.123. The summed E-state index contributed by atoms with van der Waals surface area (Å²) in [6.45, 7) is 8.76. The molecule has 0 fully saturated rings. The van der Waals surface area contributed by atoms with Crippen LogP contribution in [0.4, 0.5) is 11.4 Å². The first-order valence-corrected chi connectivity index (χ1v) is 9.25. The fourth-order valence-corrected chi connectivity index (χ4v) is 2.23. The molecule has 2 amide bonds. The molecule has 0 atom stereocenters. The van der Waals surface area contributed by atoms with E-state index in [2.05, 4.69) is 22.9 Å². The Hall–Kier alpha value is -2.04. The third kappa shape index (κ3) is 9.13. The van der Waals surface area contributed by atoms with Crippen LogP contribution >= 0.6 is 0 Å². The predicted octanol–water partition coefficient (Wildman–Crippen LogP) is 4.17. The summed E-state index contributed by atoms with van der Waals surface area (Å²) in [4.78, 5) is 23.9. The van der Waals surface area contributed by atoms with Gasteiger partial charge in [-0.25, -0.2) is 0 Å². The first kappa shape index (κ1) is 21.0. The Balaban J connectivity index is 2.34. The number of hydrogen-bond acceptors (Lipinski definition) is 3. The number of nitrogens with one attached hydrogen (secondary N) is 3. The van der Waals surface area contributed by atoms with E-state index >= 15 is 0 Å². The van der Waals surface area contributed by atoms with Gasteiger partial charge >= 0.3 is 0 Å². The van der Waals surface area contributed by atoms with Crippen LogP contribution in [0.25, 0.3) is 0 Å². The minimum atomic E-state index is -0.444. The van der Waals surface area contributed by atoms with E-state index in [1.807, 2.05) is 45.0 Å². The summed E-state index contributed by atoms with van der Waals surface area (Å²) in [7, 11) is 0. The van der Waals surface area contributed by atoms with Gasteiger partial charge in [0.1, 0.15) is 0 Å². The van der Waals surface area contributed by atoms with Gasteiger partial charge in [-0.1, -0.05) is 59.4 Å². The fraction of sp³-hybridized carbons (Fsp3) is 0.600. The number of unbranched alkanes of at least 4 members (excludes halogenated alkanes) is 4. The fourth-order valence-electron chi connectivity index (χ4n) is 2.23. The molecule has 0 bridgehead atoms. The number of benzene rings is 1. The van der Waals surface area contributed by atoms with Crippen LogP contribution in [0.3, 0.4) is 0 Å². The van der Waals surface area contributed by atoms with Gasteiger partial charge in [0, 0.05) is 23.3 Å². The highest BCUT2D eigenvalue weighted by Gasteiger charge is 2.21. The molecule has 0 saturated heterocycles. The Morgan fingerprint density at radius 3 is 2.36 bits per heavy atom. The Bertz CT molecular complexity index is 550. The van der Waals surface area contributed by atoms with Gasteiger partial charge in [-0.3, -0.25) is 9.59 Å². The molecule has 1 aromatic rings. The molecular formula is C20H33N3O2. The third-order valence-electron chi connectivity index (χ3n) is 3.86. The minimum Gasteiger partial charge on any atom is -0.376 e. The van der Waals surface area contributed by atoms with Crippen molar-refractivity contribution < 1.29 is 9.59 Å². The molecule has 0 aliphatic heterocycles. The van der Waals surface area contributed by atoms with E-state index in [1.165, 1.54) is 19.3 Å². The van der Waals surface area contributed by atoms with E-state index in [4.69, 9.17) is 0 Å². The highest BCUT2D eigenvalue weighted by atomic mass is 16.2. The first-order chi connectivity index (χ1) is 11.8. The van der Waals surface area contributed by atoms with Crippen LogP contribution in [0.5, 0.6) is 0 Å². The smallest absolute Gasteiger partial charge is 0.239 e. The SMILES string of the molecule is CCCCCCCNC(=O)CNc1cccc(NC(=O)C(C)(C)C)c1. The molecule has 5 heteroatoms. The molecule has 0 heterocycles. The zero-order valence-corrected chi connectivity index (χ0v) is 16.1. The van der Waals surface area contributed by atoms with Gasteiger partial charge in [0.2, 0.25) is 11.8 Å². The average Bonchev–Trinajstić information content (AvgIpc) is 2.55. The monoisotopic (exact) mass is 347 g/mol.